The Morgan fingerprint density at radius 1 is 1.56 bits per heavy atom. The molecule has 2 atom stereocenters. The van der Waals surface area contributed by atoms with Gasteiger partial charge in [-0.15, -0.1) is 0 Å². The third-order valence-electron chi connectivity index (χ3n) is 4.30. The van der Waals surface area contributed by atoms with Crippen molar-refractivity contribution in [3.05, 3.63) is 29.5 Å². The van der Waals surface area contributed by atoms with Crippen LogP contribution in [0.3, 0.4) is 0 Å². The lowest BCUT2D eigenvalue weighted by Crippen LogP contribution is -2.44. The molecule has 8 nitrogen and oxygen atoms in total. The second-order valence-corrected chi connectivity index (χ2v) is 6.04. The van der Waals surface area contributed by atoms with Gasteiger partial charge in [-0.2, -0.15) is 23.0 Å². The third kappa shape index (κ3) is 4.78. The molecule has 0 spiro atoms. The zero-order valence-electron chi connectivity index (χ0n) is 15.7. The second-order valence-electron chi connectivity index (χ2n) is 6.04. The average Bonchev–Trinajstić information content (AvgIpc) is 3.21. The quantitative estimate of drug-likeness (QED) is 0.463. The van der Waals surface area contributed by atoms with E-state index in [1.54, 1.807) is 18.5 Å². The van der Waals surface area contributed by atoms with E-state index < -0.39 is 0 Å². The summed E-state index contributed by atoms with van der Waals surface area (Å²) in [5.41, 5.74) is 1.39. The van der Waals surface area contributed by atoms with Gasteiger partial charge in [0.2, 0.25) is 0 Å². The minimum absolute atomic E-state index is 0.192. The predicted octanol–water partition coefficient (Wildman–Crippen LogP) is 2.94. The van der Waals surface area contributed by atoms with Gasteiger partial charge in [-0.25, -0.2) is 4.98 Å². The van der Waals surface area contributed by atoms with Gasteiger partial charge in [0.25, 0.3) is 0 Å². The van der Waals surface area contributed by atoms with Crippen LogP contribution in [0.5, 0.6) is 0 Å². The number of nitriles is 1. The van der Waals surface area contributed by atoms with Gasteiger partial charge in [0.05, 0.1) is 37.4 Å². The number of pyridine rings is 1. The third-order valence-corrected chi connectivity index (χ3v) is 4.30. The summed E-state index contributed by atoms with van der Waals surface area (Å²) in [6.45, 7) is 5.93. The Balaban J connectivity index is 0.00000126. The van der Waals surface area contributed by atoms with Crippen LogP contribution in [0.4, 0.5) is 17.5 Å². The maximum atomic E-state index is 9.39. The van der Waals surface area contributed by atoms with E-state index in [1.807, 2.05) is 13.0 Å². The van der Waals surface area contributed by atoms with Crippen molar-refractivity contribution in [3.8, 4) is 6.07 Å². The minimum atomic E-state index is -0.350. The number of H-pyrrole nitrogens is 1. The Kier molecular flexibility index (Phi) is 7.64. The zero-order chi connectivity index (χ0) is 19.8. The van der Waals surface area contributed by atoms with Gasteiger partial charge in [0, 0.05) is 24.4 Å². The van der Waals surface area contributed by atoms with Crippen LogP contribution >= 0.6 is 12.6 Å². The molecular weight excluding hydrogens is 362 g/mol. The molecule has 1 fully saturated rings. The van der Waals surface area contributed by atoms with Crippen molar-refractivity contribution in [2.75, 3.05) is 36.2 Å². The Labute approximate surface area is 164 Å². The van der Waals surface area contributed by atoms with Crippen LogP contribution in [-0.4, -0.2) is 53.5 Å². The van der Waals surface area contributed by atoms with Crippen LogP contribution in [0.25, 0.3) is 0 Å². The Morgan fingerprint density at radius 2 is 2.33 bits per heavy atom. The molecule has 3 heterocycles. The Morgan fingerprint density at radius 3 is 2.93 bits per heavy atom. The summed E-state index contributed by atoms with van der Waals surface area (Å²) in [7, 11) is 0. The van der Waals surface area contributed by atoms with E-state index in [9.17, 15) is 5.26 Å². The predicted molar refractivity (Wildman–Crippen MR) is 111 cm³/mol. The molecule has 0 aliphatic carbocycles. The molecule has 0 radical (unpaired) electrons. The van der Waals surface area contributed by atoms with Gasteiger partial charge in [0.15, 0.2) is 0 Å². The molecule has 2 aromatic rings. The number of ether oxygens (including phenoxy) is 1. The van der Waals surface area contributed by atoms with Gasteiger partial charge in [-0.05, 0) is 31.7 Å². The zero-order valence-corrected chi connectivity index (χ0v) is 16.6. The molecule has 1 saturated heterocycles. The molecule has 0 bridgehead atoms. The molecule has 144 valence electrons. The number of hydrogen-bond donors (Lipinski definition) is 4. The summed E-state index contributed by atoms with van der Waals surface area (Å²) in [4.78, 5) is 6.89. The van der Waals surface area contributed by atoms with E-state index in [-0.39, 0.29) is 12.0 Å². The molecule has 9 heteroatoms. The fourth-order valence-corrected chi connectivity index (χ4v) is 2.90. The molecule has 0 saturated carbocycles. The maximum absolute atomic E-state index is 9.39. The largest absolute Gasteiger partial charge is 0.377 e. The van der Waals surface area contributed by atoms with Crippen molar-refractivity contribution in [1.29, 1.82) is 10.7 Å². The van der Waals surface area contributed by atoms with Gasteiger partial charge < -0.3 is 20.4 Å². The highest BCUT2D eigenvalue weighted by Gasteiger charge is 2.24. The molecule has 3 N–H and O–H groups in total. The highest BCUT2D eigenvalue weighted by Crippen LogP contribution is 2.30. The number of anilines is 3. The molecule has 3 rings (SSSR count). The molecular formula is C18H25N7OS. The summed E-state index contributed by atoms with van der Waals surface area (Å²) in [5.74, 6) is 1.64. The highest BCUT2D eigenvalue weighted by molar-refractivity contribution is 7.79. The first-order valence-electron chi connectivity index (χ1n) is 8.64. The number of aromatic amines is 1. The summed E-state index contributed by atoms with van der Waals surface area (Å²) in [6, 6.07) is 6.15. The van der Waals surface area contributed by atoms with Crippen molar-refractivity contribution in [2.24, 2.45) is 0 Å². The van der Waals surface area contributed by atoms with Crippen LogP contribution in [0, 0.1) is 16.7 Å². The van der Waals surface area contributed by atoms with E-state index in [0.717, 1.165) is 17.9 Å². The Hall–Kier alpha value is -2.57. The fraction of sp³-hybridized carbons (Fsp3) is 0.444. The summed E-state index contributed by atoms with van der Waals surface area (Å²) >= 11 is 3.53. The SMILES string of the molecule is CC(C#N)c1cc(N2CCOCC2C)nc(Nc2ccn[nH]2)c1C=N.CS. The van der Waals surface area contributed by atoms with E-state index in [1.165, 1.54) is 6.21 Å². The van der Waals surface area contributed by atoms with E-state index in [0.29, 0.717) is 30.4 Å². The lowest BCUT2D eigenvalue weighted by molar-refractivity contribution is 0.0985. The normalized spacial score (nSPS) is 17.3. The van der Waals surface area contributed by atoms with E-state index in [4.69, 9.17) is 15.1 Å². The topological polar surface area (TPSA) is 114 Å². The molecule has 2 aromatic heterocycles. The van der Waals surface area contributed by atoms with Crippen molar-refractivity contribution in [1.82, 2.24) is 15.2 Å². The van der Waals surface area contributed by atoms with Crippen LogP contribution in [-0.2, 0) is 4.74 Å². The number of nitrogens with zero attached hydrogens (tertiary/aromatic N) is 4. The van der Waals surface area contributed by atoms with Gasteiger partial charge >= 0.3 is 0 Å². The first-order chi connectivity index (χ1) is 13.1. The summed E-state index contributed by atoms with van der Waals surface area (Å²) in [6.07, 6.45) is 4.57. The number of aromatic nitrogens is 3. The lowest BCUT2D eigenvalue weighted by Gasteiger charge is -2.35. The lowest BCUT2D eigenvalue weighted by atomic mass is 9.97. The molecule has 0 aromatic carbocycles. The number of morpholine rings is 1. The Bertz CT molecular complexity index is 788. The van der Waals surface area contributed by atoms with Gasteiger partial charge in [0.1, 0.15) is 17.5 Å². The number of nitrogens with one attached hydrogen (secondary N) is 3. The first-order valence-corrected chi connectivity index (χ1v) is 9.54. The van der Waals surface area contributed by atoms with Gasteiger partial charge in [-0.1, -0.05) is 0 Å². The molecule has 1 aliphatic heterocycles. The number of hydrogen-bond acceptors (Lipinski definition) is 8. The first kappa shape index (κ1) is 20.7. The van der Waals surface area contributed by atoms with Crippen LogP contribution in [0.2, 0.25) is 0 Å². The number of thiol groups is 1. The van der Waals surface area contributed by atoms with E-state index in [2.05, 4.69) is 46.0 Å². The molecule has 1 aliphatic rings. The minimum Gasteiger partial charge on any atom is -0.377 e. The van der Waals surface area contributed by atoms with Crippen LogP contribution < -0.4 is 10.2 Å². The van der Waals surface area contributed by atoms with Crippen molar-refractivity contribution in [3.63, 3.8) is 0 Å². The van der Waals surface area contributed by atoms with Crippen LogP contribution in [0.15, 0.2) is 18.3 Å². The smallest absolute Gasteiger partial charge is 0.143 e. The van der Waals surface area contributed by atoms with Gasteiger partial charge in [-0.3, -0.25) is 5.10 Å². The monoisotopic (exact) mass is 387 g/mol. The fourth-order valence-electron chi connectivity index (χ4n) is 2.90. The van der Waals surface area contributed by atoms with Crippen LogP contribution in [0.1, 0.15) is 30.9 Å². The van der Waals surface area contributed by atoms with Crippen molar-refractivity contribution < 1.29 is 4.74 Å². The average molecular weight is 388 g/mol. The number of rotatable bonds is 5. The molecule has 0 amide bonds. The van der Waals surface area contributed by atoms with Crippen molar-refractivity contribution >= 4 is 36.3 Å². The highest BCUT2D eigenvalue weighted by atomic mass is 32.1. The summed E-state index contributed by atoms with van der Waals surface area (Å²) < 4.78 is 5.51. The maximum Gasteiger partial charge on any atom is 0.143 e. The molecule has 27 heavy (non-hydrogen) atoms. The standard InChI is InChI=1S/C17H21N7O.CH4S/c1-11(8-18)13-7-16(24-5-6-25-10-12(24)2)22-17(14(13)9-19)21-15-3-4-20-23-15;1-2/h3-4,7,9,11-12,19H,5-6,10H2,1-2H3,(H2,20,21,22,23);2H,1H3. The van der Waals surface area contributed by atoms with Crippen molar-refractivity contribution in [2.45, 2.75) is 25.8 Å². The summed E-state index contributed by atoms with van der Waals surface area (Å²) in [5, 5.41) is 27.1. The second kappa shape index (κ2) is 9.94. The van der Waals surface area contributed by atoms with E-state index >= 15 is 0 Å². The molecule has 2 unspecified atom stereocenters.